The van der Waals surface area contributed by atoms with Gasteiger partial charge in [0, 0.05) is 23.0 Å². The highest BCUT2D eigenvalue weighted by molar-refractivity contribution is 6.06. The summed E-state index contributed by atoms with van der Waals surface area (Å²) in [4.78, 5) is 24.3. The van der Waals surface area contributed by atoms with E-state index in [1.807, 2.05) is 6.92 Å². The average molecular weight is 364 g/mol. The summed E-state index contributed by atoms with van der Waals surface area (Å²) in [6.07, 6.45) is 2.90. The lowest BCUT2D eigenvalue weighted by Crippen LogP contribution is -2.13. The zero-order chi connectivity index (χ0) is 19.2. The Morgan fingerprint density at radius 2 is 1.70 bits per heavy atom. The van der Waals surface area contributed by atoms with Crippen molar-refractivity contribution >= 4 is 29.3 Å². The quantitative estimate of drug-likeness (QED) is 0.648. The second kappa shape index (κ2) is 8.14. The smallest absolute Gasteiger partial charge is 0.255 e. The lowest BCUT2D eigenvalue weighted by Gasteiger charge is -2.07. The molecule has 3 rings (SSSR count). The fourth-order valence-corrected chi connectivity index (χ4v) is 2.39. The molecule has 2 aromatic carbocycles. The van der Waals surface area contributed by atoms with Gasteiger partial charge in [-0.15, -0.1) is 0 Å². The minimum atomic E-state index is -0.438. The SMILES string of the molecule is Cc1ccc(C=CC(=O)Nc2cccc(C(=O)Nc3cccc(F)c3)c2)o1. The summed E-state index contributed by atoms with van der Waals surface area (Å²) in [6, 6.07) is 15.6. The van der Waals surface area contributed by atoms with E-state index in [-0.39, 0.29) is 5.91 Å². The predicted octanol–water partition coefficient (Wildman–Crippen LogP) is 4.63. The number of benzene rings is 2. The van der Waals surface area contributed by atoms with Crippen molar-refractivity contribution in [3.63, 3.8) is 0 Å². The van der Waals surface area contributed by atoms with Crippen LogP contribution in [0.25, 0.3) is 6.08 Å². The molecule has 2 amide bonds. The molecule has 1 heterocycles. The van der Waals surface area contributed by atoms with Gasteiger partial charge in [-0.25, -0.2) is 4.39 Å². The van der Waals surface area contributed by atoms with Gasteiger partial charge >= 0.3 is 0 Å². The zero-order valence-corrected chi connectivity index (χ0v) is 14.5. The lowest BCUT2D eigenvalue weighted by molar-refractivity contribution is -0.111. The average Bonchev–Trinajstić information content (AvgIpc) is 3.05. The van der Waals surface area contributed by atoms with Crippen LogP contribution in [0.2, 0.25) is 0 Å². The van der Waals surface area contributed by atoms with Gasteiger partial charge < -0.3 is 15.1 Å². The van der Waals surface area contributed by atoms with E-state index >= 15 is 0 Å². The molecular weight excluding hydrogens is 347 g/mol. The van der Waals surface area contributed by atoms with E-state index in [0.717, 1.165) is 5.76 Å². The van der Waals surface area contributed by atoms with E-state index in [4.69, 9.17) is 4.42 Å². The van der Waals surface area contributed by atoms with Gasteiger partial charge in [-0.1, -0.05) is 12.1 Å². The number of amides is 2. The van der Waals surface area contributed by atoms with E-state index in [1.165, 1.54) is 30.3 Å². The number of hydrogen-bond donors (Lipinski definition) is 2. The van der Waals surface area contributed by atoms with Gasteiger partial charge in [0.25, 0.3) is 5.91 Å². The van der Waals surface area contributed by atoms with Crippen LogP contribution in [-0.2, 0) is 4.79 Å². The number of aryl methyl sites for hydroxylation is 1. The van der Waals surface area contributed by atoms with Crippen LogP contribution in [0.5, 0.6) is 0 Å². The third-order valence-corrected chi connectivity index (χ3v) is 3.63. The van der Waals surface area contributed by atoms with Crippen LogP contribution in [-0.4, -0.2) is 11.8 Å². The molecule has 0 bridgehead atoms. The number of halogens is 1. The molecule has 136 valence electrons. The first-order chi connectivity index (χ1) is 13.0. The highest BCUT2D eigenvalue weighted by Gasteiger charge is 2.08. The van der Waals surface area contributed by atoms with Gasteiger partial charge in [0.05, 0.1) is 0 Å². The standard InChI is InChI=1S/C21H17FN2O3/c1-14-8-9-19(27-14)10-11-20(25)23-17-6-2-4-15(12-17)21(26)24-18-7-3-5-16(22)13-18/h2-13H,1H3,(H,23,25)(H,24,26). The normalized spacial score (nSPS) is 10.7. The van der Waals surface area contributed by atoms with E-state index in [2.05, 4.69) is 10.6 Å². The number of nitrogens with one attached hydrogen (secondary N) is 2. The number of anilines is 2. The van der Waals surface area contributed by atoms with Crippen LogP contribution in [0.15, 0.2) is 71.2 Å². The minimum Gasteiger partial charge on any atom is -0.462 e. The molecule has 6 heteroatoms. The van der Waals surface area contributed by atoms with Crippen molar-refractivity contribution in [3.8, 4) is 0 Å². The first-order valence-corrected chi connectivity index (χ1v) is 8.22. The summed E-state index contributed by atoms with van der Waals surface area (Å²) >= 11 is 0. The fraction of sp³-hybridized carbons (Fsp3) is 0.0476. The largest absolute Gasteiger partial charge is 0.462 e. The first kappa shape index (κ1) is 18.1. The molecule has 0 aliphatic rings. The third-order valence-electron chi connectivity index (χ3n) is 3.63. The molecule has 0 atom stereocenters. The number of carbonyl (C=O) groups is 2. The van der Waals surface area contributed by atoms with Gasteiger partial charge in [0.2, 0.25) is 5.91 Å². The van der Waals surface area contributed by atoms with Crippen molar-refractivity contribution in [2.45, 2.75) is 6.92 Å². The molecule has 0 radical (unpaired) electrons. The molecule has 27 heavy (non-hydrogen) atoms. The third kappa shape index (κ3) is 5.15. The van der Waals surface area contributed by atoms with E-state index in [9.17, 15) is 14.0 Å². The molecule has 1 aromatic heterocycles. The Kier molecular flexibility index (Phi) is 5.47. The highest BCUT2D eigenvalue weighted by Crippen LogP contribution is 2.15. The number of rotatable bonds is 5. The maximum absolute atomic E-state index is 13.2. The van der Waals surface area contributed by atoms with Crippen molar-refractivity contribution < 1.29 is 18.4 Å². The Balaban J connectivity index is 1.65. The maximum Gasteiger partial charge on any atom is 0.255 e. The molecule has 0 fully saturated rings. The van der Waals surface area contributed by atoms with Crippen LogP contribution >= 0.6 is 0 Å². The maximum atomic E-state index is 13.2. The van der Waals surface area contributed by atoms with Gasteiger partial charge in [-0.05, 0) is 61.5 Å². The molecule has 3 aromatic rings. The van der Waals surface area contributed by atoms with Crippen LogP contribution in [0, 0.1) is 12.7 Å². The van der Waals surface area contributed by atoms with Crippen molar-refractivity contribution in [2.24, 2.45) is 0 Å². The van der Waals surface area contributed by atoms with Gasteiger partial charge in [0.1, 0.15) is 17.3 Å². The second-order valence-corrected chi connectivity index (χ2v) is 5.82. The van der Waals surface area contributed by atoms with Gasteiger partial charge in [0.15, 0.2) is 0 Å². The summed E-state index contributed by atoms with van der Waals surface area (Å²) in [6.45, 7) is 1.82. The molecule has 0 aliphatic heterocycles. The Labute approximate surface area is 155 Å². The second-order valence-electron chi connectivity index (χ2n) is 5.82. The number of hydrogen-bond acceptors (Lipinski definition) is 3. The zero-order valence-electron chi connectivity index (χ0n) is 14.5. The summed E-state index contributed by atoms with van der Waals surface area (Å²) in [5.41, 5.74) is 1.15. The summed E-state index contributed by atoms with van der Waals surface area (Å²) in [5, 5.41) is 5.29. The van der Waals surface area contributed by atoms with Crippen molar-refractivity contribution in [3.05, 3.63) is 89.6 Å². The summed E-state index contributed by atoms with van der Waals surface area (Å²) in [5.74, 6) is 0.135. The van der Waals surface area contributed by atoms with Crippen LogP contribution in [0.4, 0.5) is 15.8 Å². The molecule has 0 spiro atoms. The molecule has 0 saturated carbocycles. The summed E-state index contributed by atoms with van der Waals surface area (Å²) in [7, 11) is 0. The van der Waals surface area contributed by atoms with Gasteiger partial charge in [-0.3, -0.25) is 9.59 Å². The molecule has 0 unspecified atom stereocenters. The Morgan fingerprint density at radius 1 is 0.963 bits per heavy atom. The molecule has 0 aliphatic carbocycles. The first-order valence-electron chi connectivity index (χ1n) is 8.22. The van der Waals surface area contributed by atoms with Crippen LogP contribution in [0.1, 0.15) is 21.9 Å². The van der Waals surface area contributed by atoms with Crippen LogP contribution in [0.3, 0.4) is 0 Å². The van der Waals surface area contributed by atoms with Crippen molar-refractivity contribution in [2.75, 3.05) is 10.6 Å². The van der Waals surface area contributed by atoms with Crippen molar-refractivity contribution in [1.82, 2.24) is 0 Å². The fourth-order valence-electron chi connectivity index (χ4n) is 2.39. The van der Waals surface area contributed by atoms with Crippen LogP contribution < -0.4 is 10.6 Å². The van der Waals surface area contributed by atoms with E-state index in [0.29, 0.717) is 22.7 Å². The predicted molar refractivity (Wildman–Crippen MR) is 102 cm³/mol. The molecule has 2 N–H and O–H groups in total. The van der Waals surface area contributed by atoms with E-state index in [1.54, 1.807) is 42.5 Å². The minimum absolute atomic E-state index is 0.336. The highest BCUT2D eigenvalue weighted by atomic mass is 19.1. The molecular formula is C21H17FN2O3. The van der Waals surface area contributed by atoms with E-state index < -0.39 is 11.7 Å². The van der Waals surface area contributed by atoms with Crippen molar-refractivity contribution in [1.29, 1.82) is 0 Å². The topological polar surface area (TPSA) is 71.3 Å². The number of furan rings is 1. The molecule has 5 nitrogen and oxygen atoms in total. The summed E-state index contributed by atoms with van der Waals surface area (Å²) < 4.78 is 18.6. The lowest BCUT2D eigenvalue weighted by atomic mass is 10.1. The Morgan fingerprint density at radius 3 is 2.41 bits per heavy atom. The Hall–Kier alpha value is -3.67. The number of carbonyl (C=O) groups excluding carboxylic acids is 2. The molecule has 0 saturated heterocycles. The monoisotopic (exact) mass is 364 g/mol. The van der Waals surface area contributed by atoms with Gasteiger partial charge in [-0.2, -0.15) is 0 Å². The Bertz CT molecular complexity index is 1010.